The molecule has 3 rings (SSSR count). The lowest BCUT2D eigenvalue weighted by molar-refractivity contribution is 0.627. The Balaban J connectivity index is 2.23. The van der Waals surface area contributed by atoms with Gasteiger partial charge in [-0.25, -0.2) is 9.18 Å². The van der Waals surface area contributed by atoms with Crippen molar-refractivity contribution in [3.63, 3.8) is 0 Å². The summed E-state index contributed by atoms with van der Waals surface area (Å²) in [4.78, 5) is 27.2. The molecule has 0 atom stereocenters. The highest BCUT2D eigenvalue weighted by Gasteiger charge is 2.16. The van der Waals surface area contributed by atoms with Crippen molar-refractivity contribution in [3.8, 4) is 23.0 Å². The van der Waals surface area contributed by atoms with Crippen LogP contribution in [-0.4, -0.2) is 23.2 Å². The zero-order valence-corrected chi connectivity index (χ0v) is 16.2. The van der Waals surface area contributed by atoms with Crippen molar-refractivity contribution in [3.05, 3.63) is 86.4 Å². The minimum atomic E-state index is -0.456. The molecule has 0 saturated carbocycles. The van der Waals surface area contributed by atoms with E-state index in [4.69, 9.17) is 0 Å². The van der Waals surface area contributed by atoms with Crippen LogP contribution in [0.2, 0.25) is 0 Å². The van der Waals surface area contributed by atoms with Gasteiger partial charge < -0.3 is 4.90 Å². The molecule has 3 aromatic rings. The van der Waals surface area contributed by atoms with E-state index in [1.807, 2.05) is 43.3 Å². The lowest BCUT2D eigenvalue weighted by Crippen LogP contribution is -2.39. The first-order chi connectivity index (χ1) is 13.3. The van der Waals surface area contributed by atoms with Crippen molar-refractivity contribution in [1.82, 2.24) is 9.13 Å². The van der Waals surface area contributed by atoms with Crippen LogP contribution in [0.15, 0.2) is 58.1 Å². The normalized spacial score (nSPS) is 10.3. The number of hydrogen-bond donors (Lipinski definition) is 0. The molecule has 0 aliphatic rings. The molecule has 0 aliphatic carbocycles. The second-order valence-electron chi connectivity index (χ2n) is 6.63. The molecular weight excluding hydrogens is 357 g/mol. The number of hydrogen-bond acceptors (Lipinski definition) is 3. The first-order valence-corrected chi connectivity index (χ1v) is 8.65. The van der Waals surface area contributed by atoms with Gasteiger partial charge >= 0.3 is 5.69 Å². The Hall–Kier alpha value is -3.59. The Morgan fingerprint density at radius 2 is 1.46 bits per heavy atom. The molecule has 6 heteroatoms. The van der Waals surface area contributed by atoms with Gasteiger partial charge in [0.2, 0.25) is 0 Å². The van der Waals surface area contributed by atoms with Gasteiger partial charge in [0.15, 0.2) is 0 Å². The predicted molar refractivity (Wildman–Crippen MR) is 109 cm³/mol. The van der Waals surface area contributed by atoms with Crippen LogP contribution in [0.25, 0.3) is 11.1 Å². The van der Waals surface area contributed by atoms with Gasteiger partial charge in [0.25, 0.3) is 5.56 Å². The zero-order chi connectivity index (χ0) is 20.4. The van der Waals surface area contributed by atoms with E-state index in [1.54, 1.807) is 19.2 Å². The first kappa shape index (κ1) is 19.2. The summed E-state index contributed by atoms with van der Waals surface area (Å²) in [6.07, 6.45) is 0. The number of aromatic nitrogens is 2. The van der Waals surface area contributed by atoms with Crippen LogP contribution in [0.3, 0.4) is 0 Å². The van der Waals surface area contributed by atoms with Gasteiger partial charge in [-0.05, 0) is 47.9 Å². The molecule has 0 amide bonds. The second kappa shape index (κ2) is 7.57. The van der Waals surface area contributed by atoms with E-state index in [0.29, 0.717) is 22.4 Å². The molecule has 0 fully saturated rings. The summed E-state index contributed by atoms with van der Waals surface area (Å²) in [7, 11) is 6.88. The second-order valence-corrected chi connectivity index (χ2v) is 6.63. The van der Waals surface area contributed by atoms with Gasteiger partial charge in [-0.15, -0.1) is 0 Å². The van der Waals surface area contributed by atoms with Crippen LogP contribution in [0, 0.1) is 17.7 Å². The maximum atomic E-state index is 13.1. The van der Waals surface area contributed by atoms with E-state index in [1.165, 1.54) is 23.7 Å². The van der Waals surface area contributed by atoms with Gasteiger partial charge in [-0.3, -0.25) is 13.9 Å². The number of nitrogens with zero attached hydrogens (tertiary/aromatic N) is 3. The number of benzene rings is 2. The van der Waals surface area contributed by atoms with E-state index >= 15 is 0 Å². The maximum absolute atomic E-state index is 13.1. The van der Waals surface area contributed by atoms with E-state index < -0.39 is 11.2 Å². The van der Waals surface area contributed by atoms with Gasteiger partial charge in [0.05, 0.1) is 5.56 Å². The molecule has 0 aliphatic heterocycles. The lowest BCUT2D eigenvalue weighted by Gasteiger charge is -2.14. The molecule has 0 bridgehead atoms. The SMILES string of the molecule is CN(C)c1ccc(-c2c(C#Cc3ccc(F)cc3)n(C)c(=O)n(C)c2=O)cc1. The Kier molecular flexibility index (Phi) is 5.18. The van der Waals surface area contributed by atoms with Crippen LogP contribution in [0.4, 0.5) is 10.1 Å². The summed E-state index contributed by atoms with van der Waals surface area (Å²) < 4.78 is 15.5. The topological polar surface area (TPSA) is 47.2 Å². The Morgan fingerprint density at radius 3 is 2.04 bits per heavy atom. The third-order valence-electron chi connectivity index (χ3n) is 4.51. The lowest BCUT2D eigenvalue weighted by atomic mass is 10.0. The van der Waals surface area contributed by atoms with Crippen molar-refractivity contribution in [2.75, 3.05) is 19.0 Å². The Bertz CT molecular complexity index is 1190. The minimum Gasteiger partial charge on any atom is -0.378 e. The highest BCUT2D eigenvalue weighted by molar-refractivity contribution is 5.71. The van der Waals surface area contributed by atoms with E-state index in [0.717, 1.165) is 10.3 Å². The fourth-order valence-corrected chi connectivity index (χ4v) is 2.84. The summed E-state index contributed by atoms with van der Waals surface area (Å²) >= 11 is 0. The van der Waals surface area contributed by atoms with Crippen LogP contribution < -0.4 is 16.1 Å². The van der Waals surface area contributed by atoms with Gasteiger partial charge in [-0.1, -0.05) is 18.1 Å². The highest BCUT2D eigenvalue weighted by atomic mass is 19.1. The van der Waals surface area contributed by atoms with E-state index in [2.05, 4.69) is 11.8 Å². The molecule has 0 saturated heterocycles. The van der Waals surface area contributed by atoms with Crippen molar-refractivity contribution >= 4 is 5.69 Å². The smallest absolute Gasteiger partial charge is 0.331 e. The monoisotopic (exact) mass is 377 g/mol. The summed E-state index contributed by atoms with van der Waals surface area (Å²) in [6.45, 7) is 0. The number of halogens is 1. The summed E-state index contributed by atoms with van der Waals surface area (Å²) in [5, 5.41) is 0. The van der Waals surface area contributed by atoms with Crippen molar-refractivity contribution in [2.45, 2.75) is 0 Å². The van der Waals surface area contributed by atoms with Gasteiger partial charge in [-0.2, -0.15) is 0 Å². The highest BCUT2D eigenvalue weighted by Crippen LogP contribution is 2.22. The number of rotatable bonds is 2. The molecule has 1 heterocycles. The van der Waals surface area contributed by atoms with Gasteiger partial charge in [0.1, 0.15) is 11.5 Å². The predicted octanol–water partition coefficient (Wildman–Crippen LogP) is 2.36. The van der Waals surface area contributed by atoms with Crippen molar-refractivity contribution in [2.24, 2.45) is 14.1 Å². The third kappa shape index (κ3) is 3.60. The van der Waals surface area contributed by atoms with E-state index in [-0.39, 0.29) is 5.82 Å². The molecule has 5 nitrogen and oxygen atoms in total. The third-order valence-corrected chi connectivity index (χ3v) is 4.51. The quantitative estimate of drug-likeness (QED) is 0.644. The average molecular weight is 377 g/mol. The van der Waals surface area contributed by atoms with Crippen LogP contribution in [0.5, 0.6) is 0 Å². The Labute approximate surface area is 162 Å². The maximum Gasteiger partial charge on any atom is 0.331 e. The molecule has 0 spiro atoms. The average Bonchev–Trinajstić information content (AvgIpc) is 2.69. The molecular formula is C22H20FN3O2. The molecule has 0 radical (unpaired) electrons. The van der Waals surface area contributed by atoms with E-state index in [9.17, 15) is 14.0 Å². The minimum absolute atomic E-state index is 0.315. The largest absolute Gasteiger partial charge is 0.378 e. The summed E-state index contributed by atoms with van der Waals surface area (Å²) in [5.41, 5.74) is 2.05. The van der Waals surface area contributed by atoms with Crippen molar-refractivity contribution < 1.29 is 4.39 Å². The fraction of sp³-hybridized carbons (Fsp3) is 0.182. The van der Waals surface area contributed by atoms with Gasteiger partial charge in [0, 0.05) is 39.4 Å². The summed E-state index contributed by atoms with van der Waals surface area (Å²) in [5.74, 6) is 5.49. The molecule has 0 N–H and O–H groups in total. The molecule has 0 unspecified atom stereocenters. The molecule has 28 heavy (non-hydrogen) atoms. The standard InChI is InChI=1S/C22H20FN3O2/c1-24(2)18-12-8-16(9-13-18)20-19(25(3)22(28)26(4)21(20)27)14-7-15-5-10-17(23)11-6-15/h5-6,8-13H,1-4H3. The number of anilines is 1. The van der Waals surface area contributed by atoms with Crippen LogP contribution >= 0.6 is 0 Å². The van der Waals surface area contributed by atoms with Crippen LogP contribution in [0.1, 0.15) is 11.3 Å². The molecule has 1 aromatic heterocycles. The van der Waals surface area contributed by atoms with Crippen molar-refractivity contribution in [1.29, 1.82) is 0 Å². The fourth-order valence-electron chi connectivity index (χ4n) is 2.84. The first-order valence-electron chi connectivity index (χ1n) is 8.65. The molecule has 142 valence electrons. The zero-order valence-electron chi connectivity index (χ0n) is 16.2. The van der Waals surface area contributed by atoms with Crippen LogP contribution in [-0.2, 0) is 14.1 Å². The summed E-state index contributed by atoms with van der Waals surface area (Å²) in [6, 6.07) is 13.2. The Morgan fingerprint density at radius 1 is 0.857 bits per heavy atom. The molecule has 2 aromatic carbocycles.